The number of ketones is 1. The van der Waals surface area contributed by atoms with Crippen LogP contribution in [0.2, 0.25) is 5.02 Å². The van der Waals surface area contributed by atoms with Gasteiger partial charge in [0.05, 0.1) is 17.6 Å². The number of furan rings is 1. The quantitative estimate of drug-likeness (QED) is 0.724. The van der Waals surface area contributed by atoms with E-state index in [4.69, 9.17) is 20.8 Å². The molecule has 0 radical (unpaired) electrons. The van der Waals surface area contributed by atoms with Crippen LogP contribution in [0.4, 0.5) is 0 Å². The second-order valence-corrected chi connectivity index (χ2v) is 5.12. The maximum absolute atomic E-state index is 12.7. The van der Waals surface area contributed by atoms with Crippen molar-refractivity contribution in [2.75, 3.05) is 6.61 Å². The zero-order valence-corrected chi connectivity index (χ0v) is 12.6. The summed E-state index contributed by atoms with van der Waals surface area (Å²) in [5.41, 5.74) is 0.740. The summed E-state index contributed by atoms with van der Waals surface area (Å²) >= 11 is 5.91. The molecule has 1 heterocycles. The van der Waals surface area contributed by atoms with Crippen molar-refractivity contribution in [3.05, 3.63) is 58.8 Å². The Hall–Kier alpha value is -2.46. The van der Waals surface area contributed by atoms with E-state index >= 15 is 0 Å². The van der Waals surface area contributed by atoms with Gasteiger partial charge in [-0.3, -0.25) is 4.79 Å². The summed E-state index contributed by atoms with van der Waals surface area (Å²) < 4.78 is 10.9. The summed E-state index contributed by atoms with van der Waals surface area (Å²) in [5.74, 6) is -0.319. The Morgan fingerprint density at radius 2 is 2.05 bits per heavy atom. The lowest BCUT2D eigenvalue weighted by Gasteiger charge is -2.07. The molecule has 1 aromatic heterocycles. The number of hydrogen-bond donors (Lipinski definition) is 1. The fraction of sp³-hybridized carbons (Fsp3) is 0.118. The van der Waals surface area contributed by atoms with Crippen molar-refractivity contribution in [1.82, 2.24) is 0 Å². The highest BCUT2D eigenvalue weighted by Crippen LogP contribution is 2.36. The van der Waals surface area contributed by atoms with Crippen molar-refractivity contribution in [2.24, 2.45) is 0 Å². The van der Waals surface area contributed by atoms with Crippen LogP contribution in [0.3, 0.4) is 0 Å². The largest absolute Gasteiger partial charge is 0.504 e. The second kappa shape index (κ2) is 5.73. The SMILES string of the molecule is CCOc1ccccc1C(=O)c1oc2ccc(Cl)cc2c1O. The first kappa shape index (κ1) is 14.5. The Balaban J connectivity index is 2.12. The van der Waals surface area contributed by atoms with E-state index in [9.17, 15) is 9.90 Å². The number of benzene rings is 2. The van der Waals surface area contributed by atoms with Crippen molar-refractivity contribution < 1.29 is 19.1 Å². The molecule has 0 atom stereocenters. The first-order valence-corrected chi connectivity index (χ1v) is 7.17. The number of ether oxygens (including phenoxy) is 1. The number of hydrogen-bond acceptors (Lipinski definition) is 4. The highest BCUT2D eigenvalue weighted by Gasteiger charge is 2.24. The van der Waals surface area contributed by atoms with Gasteiger partial charge in [0, 0.05) is 5.02 Å². The fourth-order valence-corrected chi connectivity index (χ4v) is 2.44. The van der Waals surface area contributed by atoms with Gasteiger partial charge in [-0.05, 0) is 37.3 Å². The predicted octanol–water partition coefficient (Wildman–Crippen LogP) is 4.42. The minimum Gasteiger partial charge on any atom is -0.504 e. The Bertz CT molecular complexity index is 851. The fourth-order valence-electron chi connectivity index (χ4n) is 2.27. The molecule has 4 nitrogen and oxygen atoms in total. The summed E-state index contributed by atoms with van der Waals surface area (Å²) in [6, 6.07) is 11.6. The van der Waals surface area contributed by atoms with Gasteiger partial charge in [-0.25, -0.2) is 0 Å². The number of para-hydroxylation sites is 1. The summed E-state index contributed by atoms with van der Waals surface area (Å²) in [6.07, 6.45) is 0. The Morgan fingerprint density at radius 1 is 1.27 bits per heavy atom. The molecule has 0 saturated heterocycles. The standard InChI is InChI=1S/C17H13ClO4/c1-2-21-13-6-4-3-5-11(13)15(19)17-16(20)12-9-10(18)7-8-14(12)22-17/h3-9,20H,2H2,1H3. The van der Waals surface area contributed by atoms with Crippen molar-refractivity contribution in [3.8, 4) is 11.5 Å². The van der Waals surface area contributed by atoms with Gasteiger partial charge >= 0.3 is 0 Å². The van der Waals surface area contributed by atoms with Gasteiger partial charge in [-0.15, -0.1) is 0 Å². The summed E-state index contributed by atoms with van der Waals surface area (Å²) in [7, 11) is 0. The lowest BCUT2D eigenvalue weighted by Crippen LogP contribution is -2.04. The predicted molar refractivity (Wildman–Crippen MR) is 83.9 cm³/mol. The first-order chi connectivity index (χ1) is 10.6. The zero-order chi connectivity index (χ0) is 15.7. The molecule has 1 N–H and O–H groups in total. The lowest BCUT2D eigenvalue weighted by molar-refractivity contribution is 0.100. The maximum atomic E-state index is 12.7. The summed E-state index contributed by atoms with van der Waals surface area (Å²) in [6.45, 7) is 2.27. The molecule has 2 aromatic carbocycles. The van der Waals surface area contributed by atoms with Crippen LogP contribution in [0.5, 0.6) is 11.5 Å². The maximum Gasteiger partial charge on any atom is 0.235 e. The van der Waals surface area contributed by atoms with E-state index in [2.05, 4.69) is 0 Å². The number of carbonyl (C=O) groups is 1. The lowest BCUT2D eigenvalue weighted by atomic mass is 10.1. The number of aromatic hydroxyl groups is 1. The van der Waals surface area contributed by atoms with Gasteiger partial charge in [-0.1, -0.05) is 23.7 Å². The molecule has 112 valence electrons. The monoisotopic (exact) mass is 316 g/mol. The van der Waals surface area contributed by atoms with Gasteiger partial charge in [0.15, 0.2) is 5.75 Å². The van der Waals surface area contributed by atoms with E-state index in [1.54, 1.807) is 42.5 Å². The van der Waals surface area contributed by atoms with Crippen molar-refractivity contribution in [2.45, 2.75) is 6.92 Å². The van der Waals surface area contributed by atoms with Crippen molar-refractivity contribution in [1.29, 1.82) is 0 Å². The van der Waals surface area contributed by atoms with E-state index in [0.29, 0.717) is 33.9 Å². The van der Waals surface area contributed by atoms with E-state index in [1.165, 1.54) is 0 Å². The highest BCUT2D eigenvalue weighted by atomic mass is 35.5. The molecular formula is C17H13ClO4. The molecule has 0 fully saturated rings. The third-order valence-electron chi connectivity index (χ3n) is 3.26. The molecule has 3 aromatic rings. The molecule has 0 bridgehead atoms. The molecule has 5 heteroatoms. The molecule has 0 aliphatic carbocycles. The van der Waals surface area contributed by atoms with Gasteiger partial charge in [0.1, 0.15) is 11.3 Å². The van der Waals surface area contributed by atoms with Crippen molar-refractivity contribution in [3.63, 3.8) is 0 Å². The number of rotatable bonds is 4. The average Bonchev–Trinajstić information content (AvgIpc) is 2.84. The molecule has 0 unspecified atom stereocenters. The summed E-state index contributed by atoms with van der Waals surface area (Å²) in [5, 5.41) is 11.1. The highest BCUT2D eigenvalue weighted by molar-refractivity contribution is 6.31. The molecule has 3 rings (SSSR count). The van der Waals surface area contributed by atoms with Crippen LogP contribution in [-0.2, 0) is 0 Å². The van der Waals surface area contributed by atoms with E-state index < -0.39 is 5.78 Å². The average molecular weight is 317 g/mol. The molecular weight excluding hydrogens is 304 g/mol. The minimum atomic E-state index is -0.436. The van der Waals surface area contributed by atoms with Crippen LogP contribution < -0.4 is 4.74 Å². The normalized spacial score (nSPS) is 10.8. The molecule has 22 heavy (non-hydrogen) atoms. The van der Waals surface area contributed by atoms with Crippen LogP contribution in [0.25, 0.3) is 11.0 Å². The van der Waals surface area contributed by atoms with Crippen LogP contribution in [0.15, 0.2) is 46.9 Å². The number of halogens is 1. The smallest absolute Gasteiger partial charge is 0.235 e. The minimum absolute atomic E-state index is 0.121. The number of fused-ring (bicyclic) bond motifs is 1. The third-order valence-corrected chi connectivity index (χ3v) is 3.50. The Kier molecular flexibility index (Phi) is 3.77. The van der Waals surface area contributed by atoms with Crippen LogP contribution in [0.1, 0.15) is 23.0 Å². The topological polar surface area (TPSA) is 59.7 Å². The Labute approximate surface area is 131 Å². The van der Waals surface area contributed by atoms with Gasteiger partial charge in [-0.2, -0.15) is 0 Å². The Morgan fingerprint density at radius 3 is 2.82 bits per heavy atom. The zero-order valence-electron chi connectivity index (χ0n) is 11.8. The van der Waals surface area contributed by atoms with Crippen LogP contribution in [-0.4, -0.2) is 17.5 Å². The van der Waals surface area contributed by atoms with Crippen LogP contribution >= 0.6 is 11.6 Å². The van der Waals surface area contributed by atoms with E-state index in [1.807, 2.05) is 6.92 Å². The molecule has 0 aliphatic rings. The van der Waals surface area contributed by atoms with Crippen LogP contribution in [0, 0.1) is 0 Å². The van der Waals surface area contributed by atoms with E-state index in [0.717, 1.165) is 0 Å². The van der Waals surface area contributed by atoms with E-state index in [-0.39, 0.29) is 11.5 Å². The molecule has 0 aliphatic heterocycles. The van der Waals surface area contributed by atoms with Crippen molar-refractivity contribution >= 4 is 28.4 Å². The molecule has 0 saturated carbocycles. The first-order valence-electron chi connectivity index (χ1n) is 6.79. The molecule has 0 spiro atoms. The number of carbonyl (C=O) groups excluding carboxylic acids is 1. The van der Waals surface area contributed by atoms with Gasteiger partial charge < -0.3 is 14.3 Å². The third kappa shape index (κ3) is 2.42. The molecule has 0 amide bonds. The summed E-state index contributed by atoms with van der Waals surface area (Å²) in [4.78, 5) is 12.7. The van der Waals surface area contributed by atoms with Gasteiger partial charge in [0.2, 0.25) is 11.5 Å². The van der Waals surface area contributed by atoms with Gasteiger partial charge in [0.25, 0.3) is 0 Å². The second-order valence-electron chi connectivity index (χ2n) is 4.68.